The van der Waals surface area contributed by atoms with E-state index in [1.165, 1.54) is 16.7 Å². The van der Waals surface area contributed by atoms with Crippen molar-refractivity contribution in [1.29, 1.82) is 0 Å². The maximum Gasteiger partial charge on any atom is 0.0681 e. The van der Waals surface area contributed by atoms with Gasteiger partial charge in [0.15, 0.2) is 0 Å². The summed E-state index contributed by atoms with van der Waals surface area (Å²) in [6, 6.07) is 61.2. The van der Waals surface area contributed by atoms with Gasteiger partial charge in [0.25, 0.3) is 0 Å². The van der Waals surface area contributed by atoms with Crippen LogP contribution in [-0.2, 0) is 13.2 Å². The lowest BCUT2D eigenvalue weighted by atomic mass is 10.00. The van der Waals surface area contributed by atoms with E-state index in [9.17, 15) is 10.2 Å². The first kappa shape index (κ1) is 29.9. The molecule has 0 unspecified atom stereocenters. The van der Waals surface area contributed by atoms with Crippen LogP contribution in [0.25, 0.3) is 44.5 Å². The van der Waals surface area contributed by atoms with Crippen molar-refractivity contribution < 1.29 is 10.2 Å². The van der Waals surface area contributed by atoms with Crippen LogP contribution in [0, 0.1) is 0 Å². The Bertz CT molecular complexity index is 1940. The molecule has 7 aromatic carbocycles. The van der Waals surface area contributed by atoms with Gasteiger partial charge in [0.1, 0.15) is 0 Å². The van der Waals surface area contributed by atoms with E-state index >= 15 is 0 Å². The average molecular weight is 610 g/mol. The Balaban J connectivity index is 1.21. The number of aliphatic hydroxyl groups excluding tert-OH is 2. The lowest BCUT2D eigenvalue weighted by molar-refractivity contribution is 0.281. The van der Waals surface area contributed by atoms with Crippen LogP contribution in [0.3, 0.4) is 0 Å². The number of nitrogens with zero attached hydrogens (tertiary/aromatic N) is 1. The molecule has 3 heteroatoms. The van der Waals surface area contributed by atoms with Gasteiger partial charge < -0.3 is 15.1 Å². The van der Waals surface area contributed by atoms with Crippen molar-refractivity contribution in [2.75, 3.05) is 4.90 Å². The number of benzene rings is 7. The van der Waals surface area contributed by atoms with E-state index in [0.717, 1.165) is 56.0 Å². The van der Waals surface area contributed by atoms with Crippen LogP contribution in [-0.4, -0.2) is 10.2 Å². The summed E-state index contributed by atoms with van der Waals surface area (Å²) in [5, 5.41) is 18.9. The summed E-state index contributed by atoms with van der Waals surface area (Å²) in [6.07, 6.45) is 0. The molecule has 0 aliphatic heterocycles. The normalized spacial score (nSPS) is 10.9. The molecule has 47 heavy (non-hydrogen) atoms. The summed E-state index contributed by atoms with van der Waals surface area (Å²) in [5.41, 5.74) is 14.2. The van der Waals surface area contributed by atoms with Crippen molar-refractivity contribution in [3.8, 4) is 44.5 Å². The zero-order valence-electron chi connectivity index (χ0n) is 26.0. The minimum Gasteiger partial charge on any atom is -0.392 e. The van der Waals surface area contributed by atoms with Gasteiger partial charge in [-0.25, -0.2) is 0 Å². The fourth-order valence-electron chi connectivity index (χ4n) is 5.95. The van der Waals surface area contributed by atoms with Crippen molar-refractivity contribution >= 4 is 17.1 Å². The summed E-state index contributed by atoms with van der Waals surface area (Å²) >= 11 is 0. The Morgan fingerprint density at radius 1 is 0.277 bits per heavy atom. The molecule has 7 aromatic rings. The average Bonchev–Trinajstić information content (AvgIpc) is 3.16. The molecular weight excluding hydrogens is 574 g/mol. The molecule has 3 nitrogen and oxygen atoms in total. The highest BCUT2D eigenvalue weighted by molar-refractivity contribution is 5.81. The van der Waals surface area contributed by atoms with E-state index in [0.29, 0.717) is 0 Å². The Hall–Kier alpha value is -5.74. The second-order valence-corrected chi connectivity index (χ2v) is 11.6. The maximum atomic E-state index is 9.44. The number of rotatable bonds is 9. The van der Waals surface area contributed by atoms with Gasteiger partial charge in [-0.3, -0.25) is 0 Å². The zero-order chi connectivity index (χ0) is 32.0. The molecule has 0 aliphatic rings. The molecule has 0 fully saturated rings. The predicted octanol–water partition coefficient (Wildman–Crippen LogP) is 10.8. The van der Waals surface area contributed by atoms with Crippen LogP contribution in [0.1, 0.15) is 11.1 Å². The SMILES string of the molecule is OCc1ccc(-c2ccc(N(c3ccc(-c4ccc(CO)cc4)cc3)c3ccc(-c4ccc(-c5ccccc5)cc4)cc3)cc2)cc1. The lowest BCUT2D eigenvalue weighted by Gasteiger charge is -2.26. The second-order valence-electron chi connectivity index (χ2n) is 11.6. The third-order valence-corrected chi connectivity index (χ3v) is 8.64. The molecule has 0 saturated heterocycles. The number of aliphatic hydroxyl groups is 2. The Morgan fingerprint density at radius 2 is 0.511 bits per heavy atom. The largest absolute Gasteiger partial charge is 0.392 e. The molecule has 0 amide bonds. The summed E-state index contributed by atoms with van der Waals surface area (Å²) in [7, 11) is 0. The lowest BCUT2D eigenvalue weighted by Crippen LogP contribution is -2.09. The van der Waals surface area contributed by atoms with E-state index < -0.39 is 0 Å². The van der Waals surface area contributed by atoms with Gasteiger partial charge in [-0.05, 0) is 92.0 Å². The van der Waals surface area contributed by atoms with Gasteiger partial charge in [0, 0.05) is 17.1 Å². The molecule has 0 heterocycles. The zero-order valence-corrected chi connectivity index (χ0v) is 26.0. The third-order valence-electron chi connectivity index (χ3n) is 8.64. The molecule has 0 radical (unpaired) electrons. The predicted molar refractivity (Wildman–Crippen MR) is 195 cm³/mol. The van der Waals surface area contributed by atoms with Crippen LogP contribution in [0.5, 0.6) is 0 Å². The molecule has 0 atom stereocenters. The van der Waals surface area contributed by atoms with Gasteiger partial charge in [-0.2, -0.15) is 0 Å². The quantitative estimate of drug-likeness (QED) is 0.171. The van der Waals surface area contributed by atoms with Crippen molar-refractivity contribution in [2.45, 2.75) is 13.2 Å². The van der Waals surface area contributed by atoms with Gasteiger partial charge in [-0.15, -0.1) is 0 Å². The highest BCUT2D eigenvalue weighted by Crippen LogP contribution is 2.38. The molecule has 0 spiro atoms. The van der Waals surface area contributed by atoms with Crippen molar-refractivity contribution in [3.05, 3.63) is 187 Å². The fourth-order valence-corrected chi connectivity index (χ4v) is 5.95. The Morgan fingerprint density at radius 3 is 0.787 bits per heavy atom. The standard InChI is InChI=1S/C44H35NO2/c46-30-32-6-10-35(11-7-32)39-18-24-42(25-19-39)45(43-26-20-40(21-27-43)36-12-8-33(31-47)9-13-36)44-28-22-41(23-29-44)38-16-14-37(15-17-38)34-4-2-1-3-5-34/h1-29,46-47H,30-31H2. The number of hydrogen-bond acceptors (Lipinski definition) is 3. The molecular formula is C44H35NO2. The van der Waals surface area contributed by atoms with E-state index in [2.05, 4.69) is 150 Å². The monoisotopic (exact) mass is 609 g/mol. The summed E-state index contributed by atoms with van der Waals surface area (Å²) in [5.74, 6) is 0. The molecule has 0 aromatic heterocycles. The van der Waals surface area contributed by atoms with Gasteiger partial charge >= 0.3 is 0 Å². The topological polar surface area (TPSA) is 43.7 Å². The van der Waals surface area contributed by atoms with Crippen LogP contribution in [0.2, 0.25) is 0 Å². The van der Waals surface area contributed by atoms with Crippen LogP contribution >= 0.6 is 0 Å². The molecule has 0 aliphatic carbocycles. The first-order valence-electron chi connectivity index (χ1n) is 15.8. The molecule has 0 bridgehead atoms. The Labute approximate surface area is 276 Å². The minimum absolute atomic E-state index is 0.0404. The summed E-state index contributed by atoms with van der Waals surface area (Å²) < 4.78 is 0. The summed E-state index contributed by atoms with van der Waals surface area (Å²) in [4.78, 5) is 2.28. The van der Waals surface area contributed by atoms with E-state index in [1.807, 2.05) is 30.3 Å². The number of anilines is 3. The van der Waals surface area contributed by atoms with E-state index in [-0.39, 0.29) is 13.2 Å². The minimum atomic E-state index is 0.0404. The van der Waals surface area contributed by atoms with Crippen LogP contribution in [0.4, 0.5) is 17.1 Å². The summed E-state index contributed by atoms with van der Waals surface area (Å²) in [6.45, 7) is 0.0808. The first-order valence-corrected chi connectivity index (χ1v) is 15.8. The van der Waals surface area contributed by atoms with Crippen molar-refractivity contribution in [3.63, 3.8) is 0 Å². The highest BCUT2D eigenvalue weighted by atomic mass is 16.3. The van der Waals surface area contributed by atoms with Gasteiger partial charge in [0.05, 0.1) is 13.2 Å². The van der Waals surface area contributed by atoms with Crippen molar-refractivity contribution in [2.24, 2.45) is 0 Å². The van der Waals surface area contributed by atoms with E-state index in [4.69, 9.17) is 0 Å². The molecule has 7 rings (SSSR count). The van der Waals surface area contributed by atoms with Gasteiger partial charge in [-0.1, -0.05) is 140 Å². The van der Waals surface area contributed by atoms with Crippen molar-refractivity contribution in [1.82, 2.24) is 0 Å². The molecule has 0 saturated carbocycles. The van der Waals surface area contributed by atoms with Crippen LogP contribution < -0.4 is 4.90 Å². The van der Waals surface area contributed by atoms with Crippen LogP contribution in [0.15, 0.2) is 176 Å². The van der Waals surface area contributed by atoms with Gasteiger partial charge in [0.2, 0.25) is 0 Å². The molecule has 2 N–H and O–H groups in total. The molecule has 228 valence electrons. The Kier molecular flexibility index (Phi) is 8.74. The maximum absolute atomic E-state index is 9.44. The van der Waals surface area contributed by atoms with E-state index in [1.54, 1.807) is 0 Å². The third kappa shape index (κ3) is 6.63. The highest BCUT2D eigenvalue weighted by Gasteiger charge is 2.14. The fraction of sp³-hybridized carbons (Fsp3) is 0.0455. The first-order chi connectivity index (χ1) is 23.2. The second kappa shape index (κ2) is 13.7. The smallest absolute Gasteiger partial charge is 0.0681 e. The number of hydrogen-bond donors (Lipinski definition) is 2.